The van der Waals surface area contributed by atoms with Crippen LogP contribution in [-0.2, 0) is 4.74 Å². The van der Waals surface area contributed by atoms with Gasteiger partial charge in [0.2, 0.25) is 0 Å². The Labute approximate surface area is 75.9 Å². The fourth-order valence-electron chi connectivity index (χ4n) is 2.14. The Hall–Kier alpha value is -0.0800. The minimum absolute atomic E-state index is 0.0625. The van der Waals surface area contributed by atoms with Gasteiger partial charge in [-0.25, -0.2) is 0 Å². The Morgan fingerprint density at radius 2 is 2.08 bits per heavy atom. The summed E-state index contributed by atoms with van der Waals surface area (Å²) in [7, 11) is 2.18. The monoisotopic (exact) mass is 171 g/mol. The molecule has 1 aliphatic heterocycles. The summed E-state index contributed by atoms with van der Waals surface area (Å²) in [5.74, 6) is 0. The molecular weight excluding hydrogens is 150 g/mol. The van der Waals surface area contributed by atoms with Gasteiger partial charge in [-0.3, -0.25) is 4.90 Å². The minimum atomic E-state index is 0.0625. The molecule has 1 unspecified atom stereocenters. The second kappa shape index (κ2) is 4.24. The summed E-state index contributed by atoms with van der Waals surface area (Å²) in [6.07, 6.45) is 4.95. The predicted molar refractivity (Wildman–Crippen MR) is 51.1 cm³/mol. The van der Waals surface area contributed by atoms with E-state index in [1.54, 1.807) is 0 Å². The van der Waals surface area contributed by atoms with Gasteiger partial charge >= 0.3 is 0 Å². The number of hydrogen-bond donors (Lipinski definition) is 0. The summed E-state index contributed by atoms with van der Waals surface area (Å²) in [4.78, 5) is 2.38. The van der Waals surface area contributed by atoms with E-state index in [1.165, 1.54) is 25.8 Å². The molecule has 2 nitrogen and oxygen atoms in total. The Bertz CT molecular complexity index is 134. The summed E-state index contributed by atoms with van der Waals surface area (Å²) in [5, 5.41) is 0. The first-order chi connectivity index (χ1) is 5.75. The normalized spacial score (nSPS) is 32.2. The van der Waals surface area contributed by atoms with Crippen molar-refractivity contribution in [2.45, 2.75) is 45.3 Å². The Morgan fingerprint density at radius 3 is 2.58 bits per heavy atom. The molecule has 0 N–H and O–H groups in total. The summed E-state index contributed by atoms with van der Waals surface area (Å²) < 4.78 is 5.86. The third-order valence-corrected chi connectivity index (χ3v) is 2.97. The van der Waals surface area contributed by atoms with Crippen LogP contribution in [0.2, 0.25) is 0 Å². The average Bonchev–Trinajstić information content (AvgIpc) is 2.10. The van der Waals surface area contributed by atoms with Crippen LogP contribution in [-0.4, -0.2) is 30.8 Å². The number of hydrogen-bond acceptors (Lipinski definition) is 2. The van der Waals surface area contributed by atoms with E-state index in [0.717, 1.165) is 13.0 Å². The molecule has 0 radical (unpaired) electrons. The largest absolute Gasteiger partial charge is 0.361 e. The fraction of sp³-hybridized carbons (Fsp3) is 1.00. The Balaban J connectivity index is 2.60. The van der Waals surface area contributed by atoms with Gasteiger partial charge in [0.25, 0.3) is 0 Å². The third-order valence-electron chi connectivity index (χ3n) is 2.97. The summed E-state index contributed by atoms with van der Waals surface area (Å²) in [5.41, 5.74) is 0.0625. The Kier molecular flexibility index (Phi) is 3.53. The molecule has 0 spiro atoms. The van der Waals surface area contributed by atoms with Crippen LogP contribution in [0.15, 0.2) is 0 Å². The van der Waals surface area contributed by atoms with Gasteiger partial charge in [-0.1, -0.05) is 6.92 Å². The van der Waals surface area contributed by atoms with Crippen molar-refractivity contribution < 1.29 is 4.74 Å². The van der Waals surface area contributed by atoms with Crippen molar-refractivity contribution in [1.29, 1.82) is 0 Å². The van der Waals surface area contributed by atoms with Crippen LogP contribution in [0.5, 0.6) is 0 Å². The van der Waals surface area contributed by atoms with Gasteiger partial charge in [0.15, 0.2) is 0 Å². The van der Waals surface area contributed by atoms with Gasteiger partial charge in [0.1, 0.15) is 5.72 Å². The molecule has 1 aliphatic rings. The van der Waals surface area contributed by atoms with Crippen molar-refractivity contribution in [2.24, 2.45) is 0 Å². The van der Waals surface area contributed by atoms with Gasteiger partial charge in [0, 0.05) is 13.2 Å². The van der Waals surface area contributed by atoms with Crippen LogP contribution in [0.1, 0.15) is 39.5 Å². The highest BCUT2D eigenvalue weighted by Gasteiger charge is 2.35. The lowest BCUT2D eigenvalue weighted by Crippen LogP contribution is -2.51. The third kappa shape index (κ3) is 1.80. The van der Waals surface area contributed by atoms with Crippen LogP contribution in [0, 0.1) is 0 Å². The number of nitrogens with zero attached hydrogens (tertiary/aromatic N) is 1. The fourth-order valence-corrected chi connectivity index (χ4v) is 2.14. The van der Waals surface area contributed by atoms with Crippen molar-refractivity contribution >= 4 is 0 Å². The Morgan fingerprint density at radius 1 is 1.33 bits per heavy atom. The number of rotatable bonds is 3. The van der Waals surface area contributed by atoms with Gasteiger partial charge in [-0.2, -0.15) is 0 Å². The first-order valence-electron chi connectivity index (χ1n) is 5.10. The predicted octanol–water partition coefficient (Wildman–Crippen LogP) is 2.24. The average molecular weight is 171 g/mol. The molecule has 72 valence electrons. The molecular formula is C10H21NO. The molecule has 0 aliphatic carbocycles. The van der Waals surface area contributed by atoms with Gasteiger partial charge < -0.3 is 4.74 Å². The molecule has 1 saturated heterocycles. The maximum absolute atomic E-state index is 5.86. The van der Waals surface area contributed by atoms with E-state index < -0.39 is 0 Å². The van der Waals surface area contributed by atoms with Crippen LogP contribution in [0.3, 0.4) is 0 Å². The zero-order chi connectivity index (χ0) is 9.03. The highest BCUT2D eigenvalue weighted by atomic mass is 16.5. The second-order valence-corrected chi connectivity index (χ2v) is 3.61. The van der Waals surface area contributed by atoms with Crippen LogP contribution in [0.4, 0.5) is 0 Å². The molecule has 0 aromatic heterocycles. The van der Waals surface area contributed by atoms with E-state index >= 15 is 0 Å². The van der Waals surface area contributed by atoms with E-state index in [2.05, 4.69) is 25.8 Å². The van der Waals surface area contributed by atoms with Gasteiger partial charge in [-0.15, -0.1) is 0 Å². The molecule has 2 heteroatoms. The van der Waals surface area contributed by atoms with Crippen molar-refractivity contribution in [3.05, 3.63) is 0 Å². The first-order valence-corrected chi connectivity index (χ1v) is 5.10. The van der Waals surface area contributed by atoms with Crippen molar-refractivity contribution in [2.75, 3.05) is 20.2 Å². The van der Waals surface area contributed by atoms with E-state index in [1.807, 2.05) is 0 Å². The highest BCUT2D eigenvalue weighted by Crippen LogP contribution is 2.30. The molecule has 0 saturated carbocycles. The lowest BCUT2D eigenvalue weighted by atomic mass is 9.96. The maximum atomic E-state index is 5.86. The summed E-state index contributed by atoms with van der Waals surface area (Å²) >= 11 is 0. The topological polar surface area (TPSA) is 12.5 Å². The summed E-state index contributed by atoms with van der Waals surface area (Å²) in [6, 6.07) is 0. The van der Waals surface area contributed by atoms with E-state index in [-0.39, 0.29) is 5.72 Å². The van der Waals surface area contributed by atoms with Crippen molar-refractivity contribution in [3.63, 3.8) is 0 Å². The van der Waals surface area contributed by atoms with E-state index in [0.29, 0.717) is 0 Å². The molecule has 1 heterocycles. The van der Waals surface area contributed by atoms with Crippen molar-refractivity contribution in [3.8, 4) is 0 Å². The maximum Gasteiger partial charge on any atom is 0.121 e. The van der Waals surface area contributed by atoms with Gasteiger partial charge in [0.05, 0.1) is 0 Å². The number of likely N-dealkylation sites (tertiary alicyclic amines) is 1. The van der Waals surface area contributed by atoms with Crippen LogP contribution in [0.25, 0.3) is 0 Å². The lowest BCUT2D eigenvalue weighted by Gasteiger charge is -2.44. The minimum Gasteiger partial charge on any atom is -0.361 e. The molecule has 12 heavy (non-hydrogen) atoms. The molecule has 1 fully saturated rings. The molecule has 1 atom stereocenters. The van der Waals surface area contributed by atoms with E-state index in [4.69, 9.17) is 4.74 Å². The van der Waals surface area contributed by atoms with E-state index in [9.17, 15) is 0 Å². The van der Waals surface area contributed by atoms with Crippen LogP contribution < -0.4 is 0 Å². The molecule has 0 aromatic rings. The standard InChI is InChI=1S/C10H21NO/c1-4-10(12-5-2)8-6-7-9-11(10)3/h4-9H2,1-3H3. The summed E-state index contributed by atoms with van der Waals surface area (Å²) in [6.45, 7) is 6.32. The quantitative estimate of drug-likeness (QED) is 0.645. The second-order valence-electron chi connectivity index (χ2n) is 3.61. The van der Waals surface area contributed by atoms with Crippen molar-refractivity contribution in [1.82, 2.24) is 4.90 Å². The first kappa shape index (κ1) is 10.0. The lowest BCUT2D eigenvalue weighted by molar-refractivity contribution is -0.164. The zero-order valence-corrected chi connectivity index (χ0v) is 8.60. The molecule has 1 rings (SSSR count). The smallest absolute Gasteiger partial charge is 0.121 e. The molecule has 0 aromatic carbocycles. The number of piperidine rings is 1. The number of ether oxygens (including phenoxy) is 1. The van der Waals surface area contributed by atoms with Gasteiger partial charge in [-0.05, 0) is 39.7 Å². The molecule has 0 amide bonds. The highest BCUT2D eigenvalue weighted by molar-refractivity contribution is 4.82. The zero-order valence-electron chi connectivity index (χ0n) is 8.60. The molecule has 0 bridgehead atoms. The SMILES string of the molecule is CCOC1(CC)CCCCN1C. The van der Waals surface area contributed by atoms with Crippen LogP contribution >= 0.6 is 0 Å².